The first-order chi connectivity index (χ1) is 19.7. The predicted octanol–water partition coefficient (Wildman–Crippen LogP) is 6.83. The fourth-order valence-corrected chi connectivity index (χ4v) is 5.48. The maximum atomic E-state index is 5.09. The third-order valence-corrected chi connectivity index (χ3v) is 7.34. The van der Waals surface area contributed by atoms with E-state index in [9.17, 15) is 0 Å². The van der Waals surface area contributed by atoms with Crippen LogP contribution in [0.3, 0.4) is 0 Å². The molecule has 0 spiro atoms. The molecule has 0 amide bonds. The van der Waals surface area contributed by atoms with Crippen molar-refractivity contribution >= 4 is 10.9 Å². The topological polar surface area (TPSA) is 61.4 Å². The Kier molecular flexibility index (Phi) is 5.78. The van der Waals surface area contributed by atoms with Gasteiger partial charge in [0.15, 0.2) is 5.54 Å². The first-order valence-electron chi connectivity index (χ1n) is 13.3. The van der Waals surface area contributed by atoms with Crippen molar-refractivity contribution in [1.82, 2.24) is 30.0 Å². The fraction of sp³-hybridized carbons (Fsp3) is 0.0588. The number of nitrogens with zero attached hydrogens (tertiary/aromatic N) is 6. The van der Waals surface area contributed by atoms with Crippen LogP contribution in [0.2, 0.25) is 0 Å². The summed E-state index contributed by atoms with van der Waals surface area (Å²) in [4.78, 5) is 1.75. The standard InChI is InChI=1S/C34H26N6/c1-25-21-22-31-26(23-25)24-39(36-31)32-20-12-11-19-30(32)33-35-38-40(37-33)34(27-13-5-2-6-14-27,28-15-7-3-8-16-28)29-17-9-4-10-18-29/h2-24H,1H3. The summed E-state index contributed by atoms with van der Waals surface area (Å²) in [7, 11) is 0. The molecule has 6 nitrogen and oxygen atoms in total. The Morgan fingerprint density at radius 2 is 1.18 bits per heavy atom. The normalized spacial score (nSPS) is 11.6. The summed E-state index contributed by atoms with van der Waals surface area (Å²) in [6.45, 7) is 2.09. The van der Waals surface area contributed by atoms with E-state index in [1.807, 2.05) is 95.8 Å². The largest absolute Gasteiger partial charge is 0.239 e. The summed E-state index contributed by atoms with van der Waals surface area (Å²) in [5.41, 5.74) is 6.16. The summed E-state index contributed by atoms with van der Waals surface area (Å²) >= 11 is 0. The van der Waals surface area contributed by atoms with Gasteiger partial charge in [0.1, 0.15) is 0 Å². The molecule has 7 rings (SSSR count). The fourth-order valence-electron chi connectivity index (χ4n) is 5.48. The zero-order valence-electron chi connectivity index (χ0n) is 22.0. The van der Waals surface area contributed by atoms with Gasteiger partial charge in [0.2, 0.25) is 5.82 Å². The molecule has 0 unspecified atom stereocenters. The van der Waals surface area contributed by atoms with Crippen LogP contribution >= 0.6 is 0 Å². The van der Waals surface area contributed by atoms with Crippen LogP contribution in [-0.2, 0) is 5.54 Å². The molecule has 2 aromatic heterocycles. The van der Waals surface area contributed by atoms with E-state index in [1.165, 1.54) is 5.56 Å². The highest BCUT2D eigenvalue weighted by Gasteiger charge is 2.41. The van der Waals surface area contributed by atoms with Crippen molar-refractivity contribution in [1.29, 1.82) is 0 Å². The highest BCUT2D eigenvalue weighted by molar-refractivity contribution is 5.80. The highest BCUT2D eigenvalue weighted by atomic mass is 15.6. The number of aromatic nitrogens is 6. The quantitative estimate of drug-likeness (QED) is 0.227. The minimum atomic E-state index is -0.831. The second-order valence-electron chi connectivity index (χ2n) is 9.86. The first-order valence-corrected chi connectivity index (χ1v) is 13.3. The van der Waals surface area contributed by atoms with Crippen LogP contribution < -0.4 is 0 Å². The summed E-state index contributed by atoms with van der Waals surface area (Å²) in [5, 5.41) is 20.4. The van der Waals surface area contributed by atoms with Crippen molar-refractivity contribution in [3.63, 3.8) is 0 Å². The second-order valence-corrected chi connectivity index (χ2v) is 9.86. The average Bonchev–Trinajstić information content (AvgIpc) is 3.67. The van der Waals surface area contributed by atoms with Crippen LogP contribution in [0.1, 0.15) is 22.3 Å². The van der Waals surface area contributed by atoms with E-state index >= 15 is 0 Å². The molecule has 6 heteroatoms. The van der Waals surface area contributed by atoms with E-state index in [0.717, 1.165) is 38.8 Å². The summed E-state index contributed by atoms with van der Waals surface area (Å²) in [6, 6.07) is 45.4. The van der Waals surface area contributed by atoms with Gasteiger partial charge in [0.05, 0.1) is 11.2 Å². The molecule has 0 saturated carbocycles. The molecule has 5 aromatic carbocycles. The third kappa shape index (κ3) is 3.89. The third-order valence-electron chi connectivity index (χ3n) is 7.34. The Morgan fingerprint density at radius 3 is 1.80 bits per heavy atom. The smallest absolute Gasteiger partial charge is 0.207 e. The molecule has 0 aliphatic carbocycles. The van der Waals surface area contributed by atoms with Crippen LogP contribution in [0.4, 0.5) is 0 Å². The van der Waals surface area contributed by atoms with Crippen molar-refractivity contribution in [3.05, 3.63) is 162 Å². The molecule has 0 aliphatic heterocycles. The van der Waals surface area contributed by atoms with Crippen LogP contribution in [0.25, 0.3) is 28.0 Å². The van der Waals surface area contributed by atoms with Gasteiger partial charge in [-0.3, -0.25) is 0 Å². The number of aryl methyl sites for hydroxylation is 1. The van der Waals surface area contributed by atoms with Crippen molar-refractivity contribution in [2.75, 3.05) is 0 Å². The molecule has 0 atom stereocenters. The van der Waals surface area contributed by atoms with Crippen LogP contribution in [-0.4, -0.2) is 30.0 Å². The lowest BCUT2D eigenvalue weighted by Crippen LogP contribution is -2.39. The second kappa shape index (κ2) is 9.75. The van der Waals surface area contributed by atoms with E-state index < -0.39 is 5.54 Å². The van der Waals surface area contributed by atoms with Crippen LogP contribution in [0, 0.1) is 6.92 Å². The molecule has 192 valence electrons. The molecule has 0 fully saturated rings. The monoisotopic (exact) mass is 518 g/mol. The lowest BCUT2D eigenvalue weighted by molar-refractivity contribution is 0.396. The summed E-state index contributed by atoms with van der Waals surface area (Å²) in [5.74, 6) is 0.526. The molecular weight excluding hydrogens is 492 g/mol. The van der Waals surface area contributed by atoms with Gasteiger partial charge < -0.3 is 0 Å². The van der Waals surface area contributed by atoms with Crippen molar-refractivity contribution < 1.29 is 0 Å². The maximum Gasteiger partial charge on any atom is 0.207 e. The lowest BCUT2D eigenvalue weighted by Gasteiger charge is -2.34. The molecule has 0 radical (unpaired) electrons. The maximum absolute atomic E-state index is 5.09. The Morgan fingerprint density at radius 1 is 0.600 bits per heavy atom. The highest BCUT2D eigenvalue weighted by Crippen LogP contribution is 2.40. The molecule has 7 aromatic rings. The van der Waals surface area contributed by atoms with Gasteiger partial charge in [0, 0.05) is 17.1 Å². The van der Waals surface area contributed by atoms with Gasteiger partial charge in [-0.2, -0.15) is 5.10 Å². The molecular formula is C34H26N6. The zero-order valence-corrected chi connectivity index (χ0v) is 22.0. The Bertz CT molecular complexity index is 1810. The predicted molar refractivity (Wildman–Crippen MR) is 157 cm³/mol. The SMILES string of the molecule is Cc1ccc2nn(-c3ccccc3-c3nnn(C(c4ccccc4)(c4ccccc4)c4ccccc4)n3)cc2c1. The number of rotatable bonds is 6. The zero-order chi connectivity index (χ0) is 26.9. The number of hydrogen-bond donors (Lipinski definition) is 0. The van der Waals surface area contributed by atoms with Crippen molar-refractivity contribution in [3.8, 4) is 17.1 Å². The van der Waals surface area contributed by atoms with E-state index in [2.05, 4.69) is 60.6 Å². The number of hydrogen-bond acceptors (Lipinski definition) is 4. The Labute approximate surface area is 232 Å². The van der Waals surface area contributed by atoms with E-state index in [-0.39, 0.29) is 0 Å². The molecule has 0 aliphatic rings. The average molecular weight is 519 g/mol. The minimum Gasteiger partial charge on any atom is -0.239 e. The van der Waals surface area contributed by atoms with E-state index in [1.54, 1.807) is 4.80 Å². The van der Waals surface area contributed by atoms with Crippen molar-refractivity contribution in [2.45, 2.75) is 12.5 Å². The summed E-state index contributed by atoms with van der Waals surface area (Å²) in [6.07, 6.45) is 2.05. The summed E-state index contributed by atoms with van der Waals surface area (Å²) < 4.78 is 1.90. The molecule has 0 saturated heterocycles. The number of fused-ring (bicyclic) bond motifs is 1. The molecule has 40 heavy (non-hydrogen) atoms. The van der Waals surface area contributed by atoms with Crippen molar-refractivity contribution in [2.24, 2.45) is 0 Å². The Hall–Kier alpha value is -5.36. The van der Waals surface area contributed by atoms with Gasteiger partial charge in [0.25, 0.3) is 0 Å². The minimum absolute atomic E-state index is 0.526. The number of para-hydroxylation sites is 1. The Balaban J connectivity index is 1.44. The van der Waals surface area contributed by atoms with Gasteiger partial charge >= 0.3 is 0 Å². The lowest BCUT2D eigenvalue weighted by atomic mass is 9.77. The molecule has 0 N–H and O–H groups in total. The molecule has 0 bridgehead atoms. The number of benzene rings is 5. The van der Waals surface area contributed by atoms with Crippen LogP contribution in [0.15, 0.2) is 140 Å². The van der Waals surface area contributed by atoms with E-state index in [0.29, 0.717) is 5.82 Å². The van der Waals surface area contributed by atoms with Gasteiger partial charge in [-0.25, -0.2) is 4.68 Å². The van der Waals surface area contributed by atoms with Gasteiger partial charge in [-0.15, -0.1) is 15.0 Å². The first kappa shape index (κ1) is 23.7. The van der Waals surface area contributed by atoms with Crippen LogP contribution in [0.5, 0.6) is 0 Å². The van der Waals surface area contributed by atoms with Gasteiger partial charge in [-0.1, -0.05) is 115 Å². The van der Waals surface area contributed by atoms with Gasteiger partial charge in [-0.05, 0) is 53.1 Å². The molecule has 2 heterocycles. The van der Waals surface area contributed by atoms with E-state index in [4.69, 9.17) is 15.4 Å². The number of tetrazole rings is 1.